The largest absolute Gasteiger partial charge is 0.503 e. The fourth-order valence-corrected chi connectivity index (χ4v) is 2.97. The van der Waals surface area contributed by atoms with E-state index >= 15 is 0 Å². The zero-order valence-electron chi connectivity index (χ0n) is 14.1. The van der Waals surface area contributed by atoms with Crippen LogP contribution in [0.5, 0.6) is 11.5 Å². The number of aromatic hydroxyl groups is 1. The predicted octanol–water partition coefficient (Wildman–Crippen LogP) is 2.62. The molecule has 8 heteroatoms. The highest BCUT2D eigenvalue weighted by Gasteiger charge is 2.19. The molecule has 0 bridgehead atoms. The van der Waals surface area contributed by atoms with E-state index in [0.29, 0.717) is 46.3 Å². The van der Waals surface area contributed by atoms with Crippen molar-refractivity contribution in [3.8, 4) is 22.8 Å². The Bertz CT molecular complexity index is 994. The van der Waals surface area contributed by atoms with E-state index in [9.17, 15) is 9.90 Å². The predicted molar refractivity (Wildman–Crippen MR) is 95.6 cm³/mol. The van der Waals surface area contributed by atoms with Gasteiger partial charge in [0.05, 0.1) is 28.4 Å². The highest BCUT2D eigenvalue weighted by Crippen LogP contribution is 2.34. The highest BCUT2D eigenvalue weighted by atomic mass is 35.5. The number of aromatic amines is 1. The molecule has 25 heavy (non-hydrogen) atoms. The number of ether oxygens (including phenoxy) is 2. The number of fused-ring (bicyclic) bond motifs is 1. The Hall–Kier alpha value is -2.51. The second-order valence-corrected chi connectivity index (χ2v) is 6.00. The Labute approximate surface area is 148 Å². The zero-order chi connectivity index (χ0) is 18.1. The monoisotopic (exact) mass is 363 g/mol. The van der Waals surface area contributed by atoms with Gasteiger partial charge < -0.3 is 19.6 Å². The van der Waals surface area contributed by atoms with Crippen molar-refractivity contribution in [2.45, 2.75) is 6.92 Å². The van der Waals surface area contributed by atoms with Gasteiger partial charge in [0.25, 0.3) is 0 Å². The number of hydrogen-bond donors (Lipinski definition) is 2. The van der Waals surface area contributed by atoms with Gasteiger partial charge in [-0.15, -0.1) is 0 Å². The third kappa shape index (κ3) is 3.08. The van der Waals surface area contributed by atoms with Gasteiger partial charge in [0.2, 0.25) is 5.43 Å². The van der Waals surface area contributed by atoms with Crippen LogP contribution >= 0.6 is 11.6 Å². The van der Waals surface area contributed by atoms with Gasteiger partial charge >= 0.3 is 0 Å². The molecule has 3 rings (SSSR count). The van der Waals surface area contributed by atoms with Crippen LogP contribution < -0.4 is 10.2 Å². The summed E-state index contributed by atoms with van der Waals surface area (Å²) in [4.78, 5) is 15.6. The van der Waals surface area contributed by atoms with E-state index in [0.717, 1.165) is 0 Å². The van der Waals surface area contributed by atoms with Crippen LogP contribution in [0.3, 0.4) is 0 Å². The molecule has 0 aliphatic heterocycles. The molecule has 0 atom stereocenters. The Morgan fingerprint density at radius 3 is 2.80 bits per heavy atom. The summed E-state index contributed by atoms with van der Waals surface area (Å²) in [6.45, 7) is 2.58. The van der Waals surface area contributed by atoms with Crippen molar-refractivity contribution in [2.24, 2.45) is 7.05 Å². The number of methoxy groups -OCH3 is 1. The van der Waals surface area contributed by atoms with Crippen LogP contribution in [-0.4, -0.2) is 40.2 Å². The number of aryl methyl sites for hydroxylation is 2. The van der Waals surface area contributed by atoms with Crippen molar-refractivity contribution in [2.75, 3.05) is 20.3 Å². The summed E-state index contributed by atoms with van der Waals surface area (Å²) >= 11 is 6.33. The van der Waals surface area contributed by atoms with E-state index in [2.05, 4.69) is 10.1 Å². The summed E-state index contributed by atoms with van der Waals surface area (Å²) in [6.07, 6.45) is 0. The highest BCUT2D eigenvalue weighted by molar-refractivity contribution is 6.33. The summed E-state index contributed by atoms with van der Waals surface area (Å²) in [5.74, 6) is 0.184. The number of halogens is 1. The van der Waals surface area contributed by atoms with E-state index < -0.39 is 11.2 Å². The second-order valence-electron chi connectivity index (χ2n) is 5.59. The molecule has 0 aliphatic carbocycles. The van der Waals surface area contributed by atoms with Crippen LogP contribution in [-0.2, 0) is 11.8 Å². The van der Waals surface area contributed by atoms with Crippen molar-refractivity contribution >= 4 is 22.6 Å². The molecule has 0 spiro atoms. The maximum Gasteiger partial charge on any atom is 0.235 e. The molecule has 0 saturated carbocycles. The maximum atomic E-state index is 12.5. The van der Waals surface area contributed by atoms with Gasteiger partial charge in [0, 0.05) is 19.7 Å². The number of rotatable bonds is 5. The van der Waals surface area contributed by atoms with E-state index in [1.807, 2.05) is 0 Å². The summed E-state index contributed by atoms with van der Waals surface area (Å²) in [6, 6.07) is 5.03. The molecule has 0 amide bonds. The molecule has 132 valence electrons. The van der Waals surface area contributed by atoms with E-state index in [4.69, 9.17) is 21.1 Å². The fraction of sp³-hybridized carbons (Fsp3) is 0.294. The van der Waals surface area contributed by atoms with Gasteiger partial charge in [0.1, 0.15) is 18.0 Å². The minimum Gasteiger partial charge on any atom is -0.503 e. The zero-order valence-corrected chi connectivity index (χ0v) is 14.8. The first kappa shape index (κ1) is 17.3. The van der Waals surface area contributed by atoms with Crippen molar-refractivity contribution < 1.29 is 14.6 Å². The van der Waals surface area contributed by atoms with Crippen LogP contribution in [0.4, 0.5) is 0 Å². The SMILES string of the molecule is COCCOc1ccc(-c2[nH]c3c(c(C)nn3C)c(=O)c2O)c(Cl)c1. The Kier molecular flexibility index (Phi) is 4.69. The van der Waals surface area contributed by atoms with Crippen LogP contribution in [0.15, 0.2) is 23.0 Å². The first-order chi connectivity index (χ1) is 11.9. The molecule has 0 unspecified atom stereocenters. The number of aromatic nitrogens is 3. The molecule has 0 saturated heterocycles. The standard InChI is InChI=1S/C17H18ClN3O4/c1-9-13-15(22)16(23)14(19-17(13)21(2)20-9)11-5-4-10(8-12(11)18)25-7-6-24-3/h4-5,8,23H,6-7H2,1-3H3,(H,19,22). The molecule has 0 radical (unpaired) electrons. The van der Waals surface area contributed by atoms with Crippen molar-refractivity contribution in [1.29, 1.82) is 0 Å². The number of benzene rings is 1. The lowest BCUT2D eigenvalue weighted by atomic mass is 10.1. The number of hydrogen-bond acceptors (Lipinski definition) is 5. The van der Waals surface area contributed by atoms with Crippen molar-refractivity contribution in [3.63, 3.8) is 0 Å². The van der Waals surface area contributed by atoms with Crippen LogP contribution in [0, 0.1) is 6.92 Å². The van der Waals surface area contributed by atoms with Crippen LogP contribution in [0.1, 0.15) is 5.69 Å². The summed E-state index contributed by atoms with van der Waals surface area (Å²) in [5.41, 5.74) is 1.33. The smallest absolute Gasteiger partial charge is 0.235 e. The first-order valence-corrected chi connectivity index (χ1v) is 8.02. The molecule has 1 aromatic carbocycles. The maximum absolute atomic E-state index is 12.5. The van der Waals surface area contributed by atoms with Gasteiger partial charge in [-0.05, 0) is 25.1 Å². The third-order valence-corrected chi connectivity index (χ3v) is 4.22. The van der Waals surface area contributed by atoms with Crippen molar-refractivity contribution in [3.05, 3.63) is 39.1 Å². The molecule has 2 aromatic heterocycles. The minimum absolute atomic E-state index is 0.244. The van der Waals surface area contributed by atoms with Crippen molar-refractivity contribution in [1.82, 2.24) is 14.8 Å². The van der Waals surface area contributed by atoms with Crippen LogP contribution in [0.25, 0.3) is 22.3 Å². The first-order valence-electron chi connectivity index (χ1n) is 7.64. The van der Waals surface area contributed by atoms with Gasteiger partial charge in [-0.2, -0.15) is 5.10 Å². The topological polar surface area (TPSA) is 89.4 Å². The summed E-state index contributed by atoms with van der Waals surface area (Å²) in [7, 11) is 3.31. The summed E-state index contributed by atoms with van der Waals surface area (Å²) in [5, 5.41) is 15.3. The fourth-order valence-electron chi connectivity index (χ4n) is 2.71. The molecule has 2 N–H and O–H groups in total. The normalized spacial score (nSPS) is 11.2. The van der Waals surface area contributed by atoms with Gasteiger partial charge in [-0.25, -0.2) is 0 Å². The van der Waals surface area contributed by atoms with E-state index in [-0.39, 0.29) is 5.69 Å². The number of nitrogens with zero attached hydrogens (tertiary/aromatic N) is 2. The lowest BCUT2D eigenvalue weighted by Gasteiger charge is -2.11. The van der Waals surface area contributed by atoms with E-state index in [1.54, 1.807) is 44.0 Å². The molecule has 2 heterocycles. The van der Waals surface area contributed by atoms with E-state index in [1.165, 1.54) is 0 Å². The Morgan fingerprint density at radius 2 is 2.12 bits per heavy atom. The number of H-pyrrole nitrogens is 1. The molecular formula is C17H18ClN3O4. The molecular weight excluding hydrogens is 346 g/mol. The van der Waals surface area contributed by atoms with Gasteiger partial charge in [-0.3, -0.25) is 9.48 Å². The molecule has 0 aliphatic rings. The van der Waals surface area contributed by atoms with Gasteiger partial charge in [-0.1, -0.05) is 11.6 Å². The second kappa shape index (κ2) is 6.78. The summed E-state index contributed by atoms with van der Waals surface area (Å²) < 4.78 is 12.0. The number of nitrogens with one attached hydrogen (secondary N) is 1. The number of pyridine rings is 1. The van der Waals surface area contributed by atoms with Gasteiger partial charge in [0.15, 0.2) is 5.75 Å². The molecule has 7 nitrogen and oxygen atoms in total. The Balaban J connectivity index is 2.09. The average Bonchev–Trinajstić information content (AvgIpc) is 2.86. The molecule has 0 fully saturated rings. The lowest BCUT2D eigenvalue weighted by molar-refractivity contribution is 0.146. The molecule has 3 aromatic rings. The van der Waals surface area contributed by atoms with Crippen LogP contribution in [0.2, 0.25) is 5.02 Å². The quantitative estimate of drug-likeness (QED) is 0.680. The lowest BCUT2D eigenvalue weighted by Crippen LogP contribution is -2.06. The minimum atomic E-state index is -0.481. The average molecular weight is 364 g/mol. The Morgan fingerprint density at radius 1 is 1.36 bits per heavy atom. The third-order valence-electron chi connectivity index (χ3n) is 3.91.